The highest BCUT2D eigenvalue weighted by Gasteiger charge is 2.25. The molecule has 0 spiro atoms. The maximum absolute atomic E-state index is 5.85. The number of hydrogen-bond acceptors (Lipinski definition) is 5. The number of aryl methyl sites for hydroxylation is 1. The zero-order valence-corrected chi connectivity index (χ0v) is 15.9. The summed E-state index contributed by atoms with van der Waals surface area (Å²) < 4.78 is 8.20. The van der Waals surface area contributed by atoms with Gasteiger partial charge in [0.25, 0.3) is 0 Å². The van der Waals surface area contributed by atoms with Crippen molar-refractivity contribution in [3.63, 3.8) is 0 Å². The van der Waals surface area contributed by atoms with E-state index in [2.05, 4.69) is 37.8 Å². The van der Waals surface area contributed by atoms with E-state index in [0.29, 0.717) is 17.7 Å². The molecule has 1 fully saturated rings. The lowest BCUT2D eigenvalue weighted by molar-refractivity contribution is 0.184. The van der Waals surface area contributed by atoms with Gasteiger partial charge in [-0.05, 0) is 44.5 Å². The van der Waals surface area contributed by atoms with Crippen LogP contribution in [-0.2, 0) is 13.1 Å². The molecule has 1 saturated heterocycles. The van der Waals surface area contributed by atoms with Crippen LogP contribution in [0.5, 0.6) is 0 Å². The van der Waals surface area contributed by atoms with Crippen molar-refractivity contribution < 1.29 is 4.42 Å². The summed E-state index contributed by atoms with van der Waals surface area (Å²) in [6.45, 7) is 6.10. The van der Waals surface area contributed by atoms with Crippen LogP contribution >= 0.6 is 0 Å². The molecule has 3 aromatic rings. The molecule has 1 aromatic carbocycles. The summed E-state index contributed by atoms with van der Waals surface area (Å²) in [6.07, 6.45) is 8.75. The van der Waals surface area contributed by atoms with E-state index in [-0.39, 0.29) is 0 Å². The summed E-state index contributed by atoms with van der Waals surface area (Å²) in [5, 5.41) is 8.42. The molecule has 142 valence electrons. The van der Waals surface area contributed by atoms with Gasteiger partial charge in [-0.3, -0.25) is 4.90 Å². The predicted molar refractivity (Wildman–Crippen MR) is 104 cm³/mol. The summed E-state index contributed by atoms with van der Waals surface area (Å²) in [5.41, 5.74) is 0.967. The molecule has 27 heavy (non-hydrogen) atoms. The van der Waals surface area contributed by atoms with E-state index in [0.717, 1.165) is 44.6 Å². The Hall–Kier alpha value is -2.47. The molecule has 1 aliphatic heterocycles. The van der Waals surface area contributed by atoms with Gasteiger partial charge in [-0.15, -0.1) is 10.2 Å². The molecule has 4 rings (SSSR count). The number of piperidine rings is 1. The van der Waals surface area contributed by atoms with E-state index < -0.39 is 0 Å². The van der Waals surface area contributed by atoms with Crippen molar-refractivity contribution in [3.8, 4) is 11.5 Å². The Morgan fingerprint density at radius 1 is 1.11 bits per heavy atom. The number of imidazole rings is 1. The van der Waals surface area contributed by atoms with E-state index in [1.54, 1.807) is 0 Å². The van der Waals surface area contributed by atoms with Crippen LogP contribution in [0.3, 0.4) is 0 Å². The molecule has 1 aliphatic rings. The van der Waals surface area contributed by atoms with Crippen LogP contribution in [0.4, 0.5) is 0 Å². The minimum absolute atomic E-state index is 0.552. The summed E-state index contributed by atoms with van der Waals surface area (Å²) in [5.74, 6) is 3.10. The molecular formula is C21H27N5O. The molecule has 0 bridgehead atoms. The number of aromatic nitrogens is 4. The second-order valence-corrected chi connectivity index (χ2v) is 7.25. The predicted octanol–water partition coefficient (Wildman–Crippen LogP) is 4.11. The van der Waals surface area contributed by atoms with Gasteiger partial charge in [-0.25, -0.2) is 4.98 Å². The largest absolute Gasteiger partial charge is 0.419 e. The average Bonchev–Trinajstić information content (AvgIpc) is 3.37. The number of benzene rings is 1. The Labute approximate surface area is 160 Å². The van der Waals surface area contributed by atoms with Crippen molar-refractivity contribution in [1.29, 1.82) is 0 Å². The second kappa shape index (κ2) is 8.48. The number of nitrogens with zero attached hydrogens (tertiary/aromatic N) is 5. The van der Waals surface area contributed by atoms with Gasteiger partial charge < -0.3 is 8.98 Å². The summed E-state index contributed by atoms with van der Waals surface area (Å²) in [7, 11) is 0. The Morgan fingerprint density at radius 3 is 2.70 bits per heavy atom. The van der Waals surface area contributed by atoms with Crippen molar-refractivity contribution in [2.45, 2.75) is 51.6 Å². The highest BCUT2D eigenvalue weighted by Crippen LogP contribution is 2.28. The van der Waals surface area contributed by atoms with Crippen molar-refractivity contribution in [3.05, 3.63) is 54.4 Å². The smallest absolute Gasteiger partial charge is 0.247 e. The minimum Gasteiger partial charge on any atom is -0.419 e. The zero-order valence-electron chi connectivity index (χ0n) is 15.9. The Bertz CT molecular complexity index is 833. The van der Waals surface area contributed by atoms with Crippen molar-refractivity contribution in [1.82, 2.24) is 24.6 Å². The van der Waals surface area contributed by atoms with Gasteiger partial charge in [0.05, 0.1) is 6.54 Å². The van der Waals surface area contributed by atoms with Crippen LogP contribution in [0.15, 0.2) is 47.1 Å². The van der Waals surface area contributed by atoms with Gasteiger partial charge in [0.15, 0.2) is 0 Å². The first-order valence-electron chi connectivity index (χ1n) is 9.94. The molecule has 0 saturated carbocycles. The fourth-order valence-corrected chi connectivity index (χ4v) is 3.75. The van der Waals surface area contributed by atoms with Crippen LogP contribution in [0.25, 0.3) is 11.5 Å². The molecule has 0 atom stereocenters. The highest BCUT2D eigenvalue weighted by atomic mass is 16.4. The lowest BCUT2D eigenvalue weighted by atomic mass is 9.96. The van der Waals surface area contributed by atoms with Crippen LogP contribution in [0, 0.1) is 0 Å². The van der Waals surface area contributed by atoms with Crippen molar-refractivity contribution in [2.75, 3.05) is 13.1 Å². The Balaban J connectivity index is 1.33. The topological polar surface area (TPSA) is 60.0 Å². The standard InChI is InChI=1S/C21H27N5O/c1-2-3-12-26-15-11-22-20(26)17-9-13-25(14-10-17)16-19-23-24-21(27-19)18-7-5-4-6-8-18/h4-8,11,15,17H,2-3,9-10,12-14,16H2,1H3. The van der Waals surface area contributed by atoms with Crippen molar-refractivity contribution in [2.24, 2.45) is 0 Å². The molecule has 0 amide bonds. The van der Waals surface area contributed by atoms with Crippen molar-refractivity contribution >= 4 is 0 Å². The summed E-state index contributed by atoms with van der Waals surface area (Å²) in [6, 6.07) is 9.92. The number of rotatable bonds is 7. The fourth-order valence-electron chi connectivity index (χ4n) is 3.75. The SMILES string of the molecule is CCCCn1ccnc1C1CCN(Cc2nnc(-c3ccccc3)o2)CC1. The van der Waals surface area contributed by atoms with E-state index in [1.165, 1.54) is 18.7 Å². The molecule has 0 aliphatic carbocycles. The molecule has 2 aromatic heterocycles. The zero-order chi connectivity index (χ0) is 18.5. The molecule has 0 radical (unpaired) electrons. The first kappa shape index (κ1) is 17.9. The van der Waals surface area contributed by atoms with E-state index in [1.807, 2.05) is 36.5 Å². The molecule has 6 nitrogen and oxygen atoms in total. The first-order valence-corrected chi connectivity index (χ1v) is 9.94. The Morgan fingerprint density at radius 2 is 1.93 bits per heavy atom. The number of likely N-dealkylation sites (tertiary alicyclic amines) is 1. The molecule has 6 heteroatoms. The first-order chi connectivity index (χ1) is 13.3. The van der Waals surface area contributed by atoms with Crippen LogP contribution in [-0.4, -0.2) is 37.7 Å². The third kappa shape index (κ3) is 4.27. The van der Waals surface area contributed by atoms with Gasteiger partial charge in [0, 0.05) is 30.4 Å². The third-order valence-corrected chi connectivity index (χ3v) is 5.30. The number of unbranched alkanes of at least 4 members (excludes halogenated alkanes) is 1. The highest BCUT2D eigenvalue weighted by molar-refractivity contribution is 5.51. The minimum atomic E-state index is 0.552. The van der Waals surface area contributed by atoms with E-state index in [4.69, 9.17) is 4.42 Å². The molecule has 3 heterocycles. The van der Waals surface area contributed by atoms with E-state index >= 15 is 0 Å². The third-order valence-electron chi connectivity index (χ3n) is 5.30. The quantitative estimate of drug-likeness (QED) is 0.630. The van der Waals surface area contributed by atoms with Gasteiger partial charge in [0.1, 0.15) is 5.82 Å². The van der Waals surface area contributed by atoms with Gasteiger partial charge >= 0.3 is 0 Å². The van der Waals surface area contributed by atoms with Gasteiger partial charge in [-0.2, -0.15) is 0 Å². The van der Waals surface area contributed by atoms with E-state index in [9.17, 15) is 0 Å². The van der Waals surface area contributed by atoms with Gasteiger partial charge in [0.2, 0.25) is 11.8 Å². The summed E-state index contributed by atoms with van der Waals surface area (Å²) >= 11 is 0. The lowest BCUT2D eigenvalue weighted by Crippen LogP contribution is -2.33. The number of hydrogen-bond donors (Lipinski definition) is 0. The lowest BCUT2D eigenvalue weighted by Gasteiger charge is -2.30. The second-order valence-electron chi connectivity index (χ2n) is 7.25. The monoisotopic (exact) mass is 365 g/mol. The van der Waals surface area contributed by atoms with Gasteiger partial charge in [-0.1, -0.05) is 31.5 Å². The van der Waals surface area contributed by atoms with Crippen LogP contribution in [0.1, 0.15) is 50.2 Å². The van der Waals surface area contributed by atoms with Crippen LogP contribution in [0.2, 0.25) is 0 Å². The normalized spacial score (nSPS) is 16.0. The molecular weight excluding hydrogens is 338 g/mol. The fraction of sp³-hybridized carbons (Fsp3) is 0.476. The average molecular weight is 365 g/mol. The van der Waals surface area contributed by atoms with Crippen LogP contribution < -0.4 is 0 Å². The molecule has 0 N–H and O–H groups in total. The maximum Gasteiger partial charge on any atom is 0.247 e. The maximum atomic E-state index is 5.85. The molecule has 0 unspecified atom stereocenters. The summed E-state index contributed by atoms with van der Waals surface area (Å²) in [4.78, 5) is 7.04. The Kier molecular flexibility index (Phi) is 5.63.